The van der Waals surface area contributed by atoms with Crippen molar-refractivity contribution in [2.24, 2.45) is 11.8 Å². The Balaban J connectivity index is 0.00000245. The number of fused-ring (bicyclic) bond motifs is 4. The van der Waals surface area contributed by atoms with Gasteiger partial charge in [-0.25, -0.2) is 0 Å². The van der Waals surface area contributed by atoms with Gasteiger partial charge in [0.1, 0.15) is 18.7 Å². The lowest BCUT2D eigenvalue weighted by Crippen LogP contribution is -3.00. The molecule has 6 rings (SSSR count). The first-order valence-electron chi connectivity index (χ1n) is 10.9. The van der Waals surface area contributed by atoms with Crippen LogP contribution in [0.25, 0.3) is 10.9 Å². The Hall–Kier alpha value is -1.62. The lowest BCUT2D eigenvalue weighted by atomic mass is 9.71. The zero-order chi connectivity index (χ0) is 21.6. The highest BCUT2D eigenvalue weighted by molar-refractivity contribution is 6.42. The van der Waals surface area contributed by atoms with Crippen LogP contribution < -0.4 is 12.4 Å². The highest BCUT2D eigenvalue weighted by Crippen LogP contribution is 2.48. The van der Waals surface area contributed by atoms with E-state index < -0.39 is 6.10 Å². The number of pyridine rings is 1. The van der Waals surface area contributed by atoms with Gasteiger partial charge in [0, 0.05) is 35.9 Å². The third-order valence-electron chi connectivity index (χ3n) is 7.52. The molecule has 0 radical (unpaired) electrons. The van der Waals surface area contributed by atoms with E-state index in [2.05, 4.69) is 29.8 Å². The molecule has 1 unspecified atom stereocenters. The molecule has 168 valence electrons. The van der Waals surface area contributed by atoms with Crippen molar-refractivity contribution < 1.29 is 22.0 Å². The molecule has 3 saturated heterocycles. The standard InChI is InChI=1S/C26H27Cl2N2O.ClH/c1-2-18-16-30(15-17-7-8-22(27)23(28)13-17)12-10-19(18)14-25(30)26(31)21-9-11-29-24-6-4-3-5-20(21)24;/h2-9,11,13,18-19,25-26,31H,1,10,12,14-16H2;1H/q+1;/p-1/t18-,19-,25-,26+,30?;/m0./s1. The van der Waals surface area contributed by atoms with Crippen molar-refractivity contribution in [1.82, 2.24) is 4.98 Å². The fraction of sp³-hybridized carbons (Fsp3) is 0.346. The Labute approximate surface area is 205 Å². The van der Waals surface area contributed by atoms with E-state index in [0.717, 1.165) is 52.6 Å². The first-order chi connectivity index (χ1) is 15.0. The highest BCUT2D eigenvalue weighted by atomic mass is 35.5. The fourth-order valence-corrected chi connectivity index (χ4v) is 6.29. The summed E-state index contributed by atoms with van der Waals surface area (Å²) in [6.07, 6.45) is 5.54. The molecule has 3 aliphatic rings. The van der Waals surface area contributed by atoms with Crippen LogP contribution in [0.3, 0.4) is 0 Å². The van der Waals surface area contributed by atoms with E-state index in [1.165, 1.54) is 6.42 Å². The lowest BCUT2D eigenvalue weighted by molar-refractivity contribution is -0.984. The van der Waals surface area contributed by atoms with E-state index in [4.69, 9.17) is 23.2 Å². The lowest BCUT2D eigenvalue weighted by Gasteiger charge is -2.58. The first kappa shape index (κ1) is 23.5. The van der Waals surface area contributed by atoms with Crippen molar-refractivity contribution in [3.8, 4) is 0 Å². The summed E-state index contributed by atoms with van der Waals surface area (Å²) in [5, 5.41) is 13.9. The largest absolute Gasteiger partial charge is 1.00 e. The Bertz CT molecular complexity index is 1130. The molecular formula is C26H27Cl3N2O. The number of rotatable bonds is 5. The summed E-state index contributed by atoms with van der Waals surface area (Å²) < 4.78 is 0.850. The molecule has 2 bridgehead atoms. The van der Waals surface area contributed by atoms with E-state index in [1.807, 2.05) is 42.6 Å². The Kier molecular flexibility index (Phi) is 6.86. The van der Waals surface area contributed by atoms with Gasteiger partial charge in [-0.15, -0.1) is 6.58 Å². The maximum absolute atomic E-state index is 11.7. The van der Waals surface area contributed by atoms with Crippen molar-refractivity contribution in [3.63, 3.8) is 0 Å². The zero-order valence-electron chi connectivity index (χ0n) is 17.8. The minimum Gasteiger partial charge on any atom is -1.00 e. The molecule has 6 heteroatoms. The molecule has 3 aliphatic heterocycles. The van der Waals surface area contributed by atoms with E-state index in [-0.39, 0.29) is 18.4 Å². The number of aromatic nitrogens is 1. The predicted octanol–water partition coefficient (Wildman–Crippen LogP) is 3.19. The van der Waals surface area contributed by atoms with Gasteiger partial charge in [0.15, 0.2) is 0 Å². The maximum atomic E-state index is 11.7. The van der Waals surface area contributed by atoms with Gasteiger partial charge in [-0.2, -0.15) is 0 Å². The number of nitrogens with zero attached hydrogens (tertiary/aromatic N) is 2. The van der Waals surface area contributed by atoms with Gasteiger partial charge in [0.25, 0.3) is 0 Å². The van der Waals surface area contributed by atoms with E-state index in [0.29, 0.717) is 21.9 Å². The number of hydrogen-bond donors (Lipinski definition) is 1. The van der Waals surface area contributed by atoms with E-state index in [1.54, 1.807) is 0 Å². The summed E-state index contributed by atoms with van der Waals surface area (Å²) in [7, 11) is 0. The zero-order valence-corrected chi connectivity index (χ0v) is 20.1. The van der Waals surface area contributed by atoms with Crippen LogP contribution in [0.5, 0.6) is 0 Å². The summed E-state index contributed by atoms with van der Waals surface area (Å²) in [5.41, 5.74) is 3.06. The van der Waals surface area contributed by atoms with Crippen molar-refractivity contribution >= 4 is 34.1 Å². The van der Waals surface area contributed by atoms with E-state index in [9.17, 15) is 5.11 Å². The third kappa shape index (κ3) is 4.06. The monoisotopic (exact) mass is 488 g/mol. The molecule has 0 aliphatic carbocycles. The van der Waals surface area contributed by atoms with Crippen LogP contribution in [0.15, 0.2) is 67.4 Å². The number of para-hydroxylation sites is 1. The second-order valence-corrected chi connectivity index (χ2v) is 9.96. The molecule has 0 amide bonds. The van der Waals surface area contributed by atoms with E-state index >= 15 is 0 Å². The molecule has 3 aromatic rings. The van der Waals surface area contributed by atoms with Gasteiger partial charge < -0.3 is 22.0 Å². The molecule has 1 N–H and O–H groups in total. The normalized spacial score (nSPS) is 27.7. The van der Waals surface area contributed by atoms with Crippen LogP contribution in [0.2, 0.25) is 10.0 Å². The molecule has 32 heavy (non-hydrogen) atoms. The summed E-state index contributed by atoms with van der Waals surface area (Å²) in [5.74, 6) is 1.06. The Morgan fingerprint density at radius 1 is 1.16 bits per heavy atom. The maximum Gasteiger partial charge on any atom is 0.131 e. The van der Waals surface area contributed by atoms with Gasteiger partial charge in [-0.1, -0.05) is 53.5 Å². The topological polar surface area (TPSA) is 33.1 Å². The SMILES string of the molecule is C=C[C@H]1C[N+]2(Cc3ccc(Cl)c(Cl)c3)CC[C@H]1C[C@H]2[C@H](O)c1ccnc2ccccc12.[Cl-]. The molecule has 3 fully saturated rings. The summed E-state index contributed by atoms with van der Waals surface area (Å²) in [6, 6.07) is 16.1. The molecule has 0 spiro atoms. The van der Waals surface area contributed by atoms with Crippen LogP contribution in [0.4, 0.5) is 0 Å². The molecule has 0 saturated carbocycles. The average molecular weight is 490 g/mol. The summed E-state index contributed by atoms with van der Waals surface area (Å²) >= 11 is 12.5. The molecule has 1 aromatic heterocycles. The van der Waals surface area contributed by atoms with Crippen LogP contribution in [0, 0.1) is 11.8 Å². The summed E-state index contributed by atoms with van der Waals surface area (Å²) in [4.78, 5) is 4.49. The molecule has 4 heterocycles. The molecular weight excluding hydrogens is 463 g/mol. The second-order valence-electron chi connectivity index (χ2n) is 9.14. The number of aliphatic hydroxyl groups is 1. The van der Waals surface area contributed by atoms with Crippen LogP contribution in [0.1, 0.15) is 30.1 Å². The number of quaternary nitrogens is 1. The number of halogens is 3. The number of aliphatic hydroxyl groups excluding tert-OH is 1. The average Bonchev–Trinajstić information content (AvgIpc) is 2.80. The van der Waals surface area contributed by atoms with Crippen molar-refractivity contribution in [2.45, 2.75) is 31.5 Å². The Morgan fingerprint density at radius 3 is 2.75 bits per heavy atom. The third-order valence-corrected chi connectivity index (χ3v) is 8.26. The number of benzene rings is 2. The highest BCUT2D eigenvalue weighted by Gasteiger charge is 2.54. The van der Waals surface area contributed by atoms with Gasteiger partial charge in [-0.3, -0.25) is 4.98 Å². The second kappa shape index (κ2) is 9.32. The quantitative estimate of drug-likeness (QED) is 0.441. The first-order valence-corrected chi connectivity index (χ1v) is 11.7. The fourth-order valence-electron chi connectivity index (χ4n) is 5.97. The van der Waals surface area contributed by atoms with Gasteiger partial charge >= 0.3 is 0 Å². The van der Waals surface area contributed by atoms with Crippen molar-refractivity contribution in [1.29, 1.82) is 0 Å². The van der Waals surface area contributed by atoms with Gasteiger partial charge in [0.2, 0.25) is 0 Å². The summed E-state index contributed by atoms with van der Waals surface area (Å²) in [6.45, 7) is 7.00. The van der Waals surface area contributed by atoms with Crippen LogP contribution in [-0.2, 0) is 6.54 Å². The molecule has 3 nitrogen and oxygen atoms in total. The Morgan fingerprint density at radius 2 is 1.97 bits per heavy atom. The molecule has 2 aromatic carbocycles. The van der Waals surface area contributed by atoms with Gasteiger partial charge in [-0.05, 0) is 35.7 Å². The van der Waals surface area contributed by atoms with Crippen molar-refractivity contribution in [2.75, 3.05) is 13.1 Å². The van der Waals surface area contributed by atoms with Crippen LogP contribution >= 0.6 is 23.2 Å². The van der Waals surface area contributed by atoms with Crippen molar-refractivity contribution in [3.05, 3.63) is 88.6 Å². The molecule has 5 atom stereocenters. The number of piperidine rings is 3. The number of hydrogen-bond acceptors (Lipinski definition) is 2. The minimum atomic E-state index is -0.552. The van der Waals surface area contributed by atoms with Crippen LogP contribution in [-0.4, -0.2) is 33.7 Å². The minimum absolute atomic E-state index is 0. The van der Waals surface area contributed by atoms with Gasteiger partial charge in [0.05, 0.1) is 28.7 Å². The smallest absolute Gasteiger partial charge is 0.131 e. The predicted molar refractivity (Wildman–Crippen MR) is 127 cm³/mol.